The van der Waals surface area contributed by atoms with Crippen LogP contribution in [0.3, 0.4) is 0 Å². The lowest BCUT2D eigenvalue weighted by molar-refractivity contribution is -0.274. The number of halogens is 6. The molecule has 1 fully saturated rings. The first-order valence-electron chi connectivity index (χ1n) is 14.1. The highest BCUT2D eigenvalue weighted by atomic mass is 32.2. The Morgan fingerprint density at radius 1 is 1.22 bits per heavy atom. The van der Waals surface area contributed by atoms with Crippen LogP contribution in [0.15, 0.2) is 47.8 Å². The number of pyridine rings is 1. The maximum atomic E-state index is 14.8. The van der Waals surface area contributed by atoms with Gasteiger partial charge >= 0.3 is 6.36 Å². The number of thioether (sulfide) groups is 1. The van der Waals surface area contributed by atoms with E-state index in [0.717, 1.165) is 30.0 Å². The van der Waals surface area contributed by atoms with Crippen LogP contribution in [0.25, 0.3) is 0 Å². The molecule has 248 valence electrons. The van der Waals surface area contributed by atoms with Gasteiger partial charge in [-0.3, -0.25) is 20.5 Å². The van der Waals surface area contributed by atoms with Gasteiger partial charge in [0.2, 0.25) is 5.91 Å². The van der Waals surface area contributed by atoms with E-state index < -0.39 is 42.1 Å². The van der Waals surface area contributed by atoms with Crippen molar-refractivity contribution in [1.29, 1.82) is 0 Å². The molecule has 4 atom stereocenters. The first kappa shape index (κ1) is 33.5. The van der Waals surface area contributed by atoms with Crippen LogP contribution in [0.5, 0.6) is 5.75 Å². The summed E-state index contributed by atoms with van der Waals surface area (Å²) in [5, 5.41) is 17.5. The number of epoxide rings is 1. The SMILES string of the molecule is CC(C)(F)c1ccnc(CNC2OC2c2cn(CC(F)CCC3NN=C(NC(=O)Cc4cc(OC(F)(F)F)ccc4F)S3)nn2)c1. The number of benzene rings is 1. The van der Waals surface area contributed by atoms with Gasteiger partial charge in [0.05, 0.1) is 30.2 Å². The summed E-state index contributed by atoms with van der Waals surface area (Å²) in [6.45, 7) is 3.27. The molecule has 0 bridgehead atoms. The van der Waals surface area contributed by atoms with Crippen molar-refractivity contribution in [3.63, 3.8) is 0 Å². The highest BCUT2D eigenvalue weighted by molar-refractivity contribution is 8.14. The standard InChI is InChI=1S/C28H30F6N8O3S/c1-27(2,31)16-7-8-35-18(11-16)12-36-25-24(44-25)21-14-42(41-38-21)13-17(29)3-6-23-39-40-26(46-23)37-22(43)10-15-9-19(4-5-20(15)30)45-28(32,33)34/h4-5,7-9,11,14,17,23-25,36,39H,3,6,10,12-13H2,1-2H3,(H,37,40,43). The summed E-state index contributed by atoms with van der Waals surface area (Å²) in [4.78, 5) is 16.6. The number of aromatic nitrogens is 4. The maximum Gasteiger partial charge on any atom is 0.573 e. The Hall–Kier alpha value is -3.90. The molecular weight excluding hydrogens is 642 g/mol. The number of alkyl halides is 5. The zero-order valence-corrected chi connectivity index (χ0v) is 25.3. The highest BCUT2D eigenvalue weighted by Crippen LogP contribution is 2.36. The number of hydrogen-bond acceptors (Lipinski definition) is 10. The number of carbonyl (C=O) groups excluding carboxylic acids is 1. The zero-order valence-electron chi connectivity index (χ0n) is 24.5. The number of hydrazone groups is 1. The first-order valence-corrected chi connectivity index (χ1v) is 15.0. The third kappa shape index (κ3) is 9.56. The second kappa shape index (κ2) is 13.8. The molecule has 11 nitrogen and oxygen atoms in total. The van der Waals surface area contributed by atoms with Gasteiger partial charge in [-0.1, -0.05) is 17.0 Å². The normalized spacial score (nSPS) is 20.2. The molecule has 4 unspecified atom stereocenters. The fourth-order valence-electron chi connectivity index (χ4n) is 4.52. The molecule has 0 spiro atoms. The highest BCUT2D eigenvalue weighted by Gasteiger charge is 2.42. The molecular formula is C28H30F6N8O3S. The lowest BCUT2D eigenvalue weighted by atomic mass is 10.0. The third-order valence-electron chi connectivity index (χ3n) is 6.87. The van der Waals surface area contributed by atoms with Crippen molar-refractivity contribution in [3.8, 4) is 5.75 Å². The Kier molecular flexibility index (Phi) is 10.1. The van der Waals surface area contributed by atoms with Gasteiger partial charge < -0.3 is 14.8 Å². The van der Waals surface area contributed by atoms with Crippen molar-refractivity contribution in [3.05, 3.63) is 71.1 Å². The summed E-state index contributed by atoms with van der Waals surface area (Å²) in [6.07, 6.45) is -3.82. The molecule has 1 amide bonds. The van der Waals surface area contributed by atoms with Crippen molar-refractivity contribution >= 4 is 22.8 Å². The van der Waals surface area contributed by atoms with Crippen LogP contribution in [0.2, 0.25) is 0 Å². The molecule has 0 aliphatic carbocycles. The molecule has 2 aliphatic heterocycles. The molecule has 3 aromatic rings. The molecule has 4 heterocycles. The molecule has 46 heavy (non-hydrogen) atoms. The number of nitrogens with one attached hydrogen (secondary N) is 3. The number of hydrogen-bond donors (Lipinski definition) is 3. The van der Waals surface area contributed by atoms with Gasteiger partial charge in [0.25, 0.3) is 0 Å². The van der Waals surface area contributed by atoms with Crippen molar-refractivity contribution < 1.29 is 40.6 Å². The predicted octanol–water partition coefficient (Wildman–Crippen LogP) is 4.51. The van der Waals surface area contributed by atoms with Gasteiger partial charge in [0.15, 0.2) is 5.17 Å². The Labute approximate surface area is 263 Å². The molecule has 1 saturated heterocycles. The van der Waals surface area contributed by atoms with Gasteiger partial charge in [-0.25, -0.2) is 17.9 Å². The Balaban J connectivity index is 0.999. The molecule has 0 saturated carbocycles. The van der Waals surface area contributed by atoms with E-state index in [1.54, 1.807) is 24.5 Å². The number of amidine groups is 1. The second-order valence-corrected chi connectivity index (χ2v) is 12.3. The smallest absolute Gasteiger partial charge is 0.406 e. The number of ether oxygens (including phenoxy) is 2. The average Bonchev–Trinajstić information content (AvgIpc) is 3.35. The number of amides is 1. The minimum absolute atomic E-state index is 0.0436. The Bertz CT molecular complexity index is 1570. The van der Waals surface area contributed by atoms with Crippen LogP contribution in [-0.2, 0) is 34.7 Å². The van der Waals surface area contributed by atoms with Crippen molar-refractivity contribution in [1.82, 2.24) is 36.0 Å². The second-order valence-electron chi connectivity index (χ2n) is 11.1. The van der Waals surface area contributed by atoms with Crippen LogP contribution in [-0.4, -0.2) is 55.2 Å². The largest absolute Gasteiger partial charge is 0.573 e. The summed E-state index contributed by atoms with van der Waals surface area (Å²) in [5.74, 6) is -2.21. The minimum Gasteiger partial charge on any atom is -0.406 e. The monoisotopic (exact) mass is 672 g/mol. The van der Waals surface area contributed by atoms with E-state index in [2.05, 4.69) is 41.2 Å². The molecule has 2 aromatic heterocycles. The molecule has 18 heteroatoms. The maximum absolute atomic E-state index is 14.8. The Morgan fingerprint density at radius 2 is 2.02 bits per heavy atom. The average molecular weight is 673 g/mol. The van der Waals surface area contributed by atoms with E-state index in [1.807, 2.05) is 0 Å². The first-order chi connectivity index (χ1) is 21.7. The summed E-state index contributed by atoms with van der Waals surface area (Å²) in [6, 6.07) is 5.71. The number of carbonyl (C=O) groups is 1. The third-order valence-corrected chi connectivity index (χ3v) is 7.91. The van der Waals surface area contributed by atoms with Gasteiger partial charge in [0.1, 0.15) is 41.4 Å². The van der Waals surface area contributed by atoms with Gasteiger partial charge in [0, 0.05) is 18.3 Å². The molecule has 3 N–H and O–H groups in total. The van der Waals surface area contributed by atoms with Crippen molar-refractivity contribution in [2.45, 2.75) is 82.1 Å². The quantitative estimate of drug-likeness (QED) is 0.177. The number of nitrogens with zero attached hydrogens (tertiary/aromatic N) is 5. The molecule has 0 radical (unpaired) electrons. The van der Waals surface area contributed by atoms with Crippen LogP contribution < -0.4 is 20.8 Å². The number of rotatable bonds is 13. The summed E-state index contributed by atoms with van der Waals surface area (Å²) < 4.78 is 91.1. The summed E-state index contributed by atoms with van der Waals surface area (Å²) in [5.41, 5.74) is 2.74. The van der Waals surface area contributed by atoms with Crippen molar-refractivity contribution in [2.75, 3.05) is 0 Å². The minimum atomic E-state index is -4.96. The lowest BCUT2D eigenvalue weighted by Crippen LogP contribution is -2.29. The van der Waals surface area contributed by atoms with E-state index in [4.69, 9.17) is 4.74 Å². The molecule has 1 aromatic carbocycles. The Morgan fingerprint density at radius 3 is 2.78 bits per heavy atom. The van der Waals surface area contributed by atoms with E-state index >= 15 is 0 Å². The van der Waals surface area contributed by atoms with Gasteiger partial charge in [-0.05, 0) is 62.6 Å². The summed E-state index contributed by atoms with van der Waals surface area (Å²) >= 11 is 1.13. The molecule has 5 rings (SSSR count). The van der Waals surface area contributed by atoms with Crippen LogP contribution in [0, 0.1) is 5.82 Å². The van der Waals surface area contributed by atoms with E-state index in [-0.39, 0.29) is 41.4 Å². The van der Waals surface area contributed by atoms with Crippen LogP contribution in [0.1, 0.15) is 55.3 Å². The van der Waals surface area contributed by atoms with Gasteiger partial charge in [-0.15, -0.1) is 18.3 Å². The van der Waals surface area contributed by atoms with Crippen LogP contribution in [0.4, 0.5) is 26.3 Å². The predicted molar refractivity (Wildman–Crippen MR) is 154 cm³/mol. The lowest BCUT2D eigenvalue weighted by Gasteiger charge is -2.15. The zero-order chi connectivity index (χ0) is 33.1. The van der Waals surface area contributed by atoms with E-state index in [1.165, 1.54) is 18.5 Å². The molecule has 2 aliphatic rings. The van der Waals surface area contributed by atoms with E-state index in [9.17, 15) is 31.1 Å². The van der Waals surface area contributed by atoms with Crippen LogP contribution >= 0.6 is 11.8 Å². The fraction of sp³-hybridized carbons (Fsp3) is 0.464. The van der Waals surface area contributed by atoms with E-state index in [0.29, 0.717) is 29.9 Å². The summed E-state index contributed by atoms with van der Waals surface area (Å²) in [7, 11) is 0. The topological polar surface area (TPSA) is 131 Å². The fourth-order valence-corrected chi connectivity index (χ4v) is 5.43. The van der Waals surface area contributed by atoms with Gasteiger partial charge in [-0.2, -0.15) is 5.10 Å². The van der Waals surface area contributed by atoms with Crippen molar-refractivity contribution in [2.24, 2.45) is 5.10 Å².